The van der Waals surface area contributed by atoms with E-state index >= 15 is 0 Å². The zero-order valence-corrected chi connectivity index (χ0v) is 10.1. The minimum Gasteiger partial charge on any atom is -0.398 e. The van der Waals surface area contributed by atoms with E-state index in [1.54, 1.807) is 30.4 Å². The molecule has 0 amide bonds. The van der Waals surface area contributed by atoms with Crippen LogP contribution in [0.4, 0.5) is 0 Å². The molecule has 0 spiro atoms. The van der Waals surface area contributed by atoms with Crippen LogP contribution in [0.15, 0.2) is 29.4 Å². The third-order valence-electron chi connectivity index (χ3n) is 1.57. The third kappa shape index (κ3) is 3.74. The Labute approximate surface area is 103 Å². The second-order valence-corrected chi connectivity index (χ2v) is 3.77. The van der Waals surface area contributed by atoms with E-state index in [-0.39, 0.29) is 5.17 Å². The van der Waals surface area contributed by atoms with Crippen molar-refractivity contribution in [1.82, 2.24) is 0 Å². The molecule has 15 heavy (non-hydrogen) atoms. The predicted molar refractivity (Wildman–Crippen MR) is 65.8 cm³/mol. The lowest BCUT2D eigenvalue weighted by molar-refractivity contribution is 0.215. The highest BCUT2D eigenvalue weighted by Gasteiger charge is 2.01. The number of nitrogens with zero attached hydrogens (tertiary/aromatic N) is 1. The Morgan fingerprint density at radius 1 is 1.33 bits per heavy atom. The highest BCUT2D eigenvalue weighted by atomic mass is 35.5. The molecule has 0 atom stereocenters. The molecule has 1 aromatic rings. The number of allylic oxidation sites excluding steroid dienone is 1. The monoisotopic (exact) mass is 263 g/mol. The topological polar surface area (TPSA) is 21.6 Å². The van der Waals surface area contributed by atoms with Crippen LogP contribution in [0.25, 0.3) is 6.08 Å². The van der Waals surface area contributed by atoms with Gasteiger partial charge in [0.05, 0.1) is 0 Å². The van der Waals surface area contributed by atoms with Crippen molar-refractivity contribution in [3.63, 3.8) is 0 Å². The van der Waals surface area contributed by atoms with Gasteiger partial charge in [-0.05, 0) is 24.3 Å². The van der Waals surface area contributed by atoms with Gasteiger partial charge in [-0.15, -0.1) is 0 Å². The smallest absolute Gasteiger partial charge is 0.168 e. The summed E-state index contributed by atoms with van der Waals surface area (Å²) < 4.78 is 0. The molecule has 5 heteroatoms. The van der Waals surface area contributed by atoms with Gasteiger partial charge in [0, 0.05) is 15.6 Å². The average Bonchev–Trinajstić information content (AvgIpc) is 2.17. The van der Waals surface area contributed by atoms with Crippen LogP contribution < -0.4 is 0 Å². The molecule has 2 nitrogen and oxygen atoms in total. The van der Waals surface area contributed by atoms with Crippen molar-refractivity contribution >= 4 is 46.0 Å². The number of halogens is 3. The molecule has 0 radical (unpaired) electrons. The summed E-state index contributed by atoms with van der Waals surface area (Å²) >= 11 is 17.6. The minimum atomic E-state index is 0.216. The van der Waals surface area contributed by atoms with E-state index in [0.717, 1.165) is 0 Å². The fourth-order valence-corrected chi connectivity index (χ4v) is 1.60. The highest BCUT2D eigenvalue weighted by molar-refractivity contribution is 6.68. The normalized spacial score (nSPS) is 12.1. The summed E-state index contributed by atoms with van der Waals surface area (Å²) in [4.78, 5) is 4.49. The molecule has 0 fully saturated rings. The molecule has 1 aromatic carbocycles. The van der Waals surface area contributed by atoms with Gasteiger partial charge in [-0.1, -0.05) is 46.0 Å². The molecule has 0 aromatic heterocycles. The molecule has 0 heterocycles. The Kier molecular flexibility index (Phi) is 4.95. The number of rotatable bonds is 3. The van der Waals surface area contributed by atoms with Crippen LogP contribution in [0.1, 0.15) is 5.56 Å². The number of oxime groups is 1. The first-order valence-electron chi connectivity index (χ1n) is 4.04. The van der Waals surface area contributed by atoms with Gasteiger partial charge in [0.25, 0.3) is 0 Å². The average molecular weight is 265 g/mol. The summed E-state index contributed by atoms with van der Waals surface area (Å²) in [5.74, 6) is 0. The van der Waals surface area contributed by atoms with Crippen LogP contribution in [-0.2, 0) is 4.84 Å². The molecular weight excluding hydrogens is 256 g/mol. The SMILES string of the molecule is CO/N=C(Cl)/C=C/c1c(Cl)cccc1Cl. The molecule has 0 aliphatic rings. The lowest BCUT2D eigenvalue weighted by Crippen LogP contribution is -1.83. The van der Waals surface area contributed by atoms with Gasteiger partial charge in [0.15, 0.2) is 5.17 Å². The quantitative estimate of drug-likeness (QED) is 0.592. The van der Waals surface area contributed by atoms with Crippen molar-refractivity contribution in [2.24, 2.45) is 5.16 Å². The molecule has 0 bridgehead atoms. The summed E-state index contributed by atoms with van der Waals surface area (Å²) in [7, 11) is 1.42. The first-order chi connectivity index (χ1) is 7.15. The Bertz CT molecular complexity index is 381. The molecule has 0 aliphatic heterocycles. The zero-order chi connectivity index (χ0) is 11.3. The highest BCUT2D eigenvalue weighted by Crippen LogP contribution is 2.25. The summed E-state index contributed by atoms with van der Waals surface area (Å²) in [6.45, 7) is 0. The van der Waals surface area contributed by atoms with Gasteiger partial charge >= 0.3 is 0 Å². The van der Waals surface area contributed by atoms with Crippen molar-refractivity contribution in [2.45, 2.75) is 0 Å². The van der Waals surface area contributed by atoms with Gasteiger partial charge in [-0.3, -0.25) is 0 Å². The van der Waals surface area contributed by atoms with Crippen LogP contribution in [0.2, 0.25) is 10.0 Å². The number of benzene rings is 1. The van der Waals surface area contributed by atoms with E-state index in [1.165, 1.54) is 7.11 Å². The van der Waals surface area contributed by atoms with Crippen LogP contribution in [0.5, 0.6) is 0 Å². The largest absolute Gasteiger partial charge is 0.398 e. The molecule has 0 saturated heterocycles. The van der Waals surface area contributed by atoms with E-state index in [4.69, 9.17) is 34.8 Å². The van der Waals surface area contributed by atoms with E-state index in [1.807, 2.05) is 0 Å². The second kappa shape index (κ2) is 6.01. The number of hydrogen-bond acceptors (Lipinski definition) is 2. The van der Waals surface area contributed by atoms with Crippen molar-refractivity contribution < 1.29 is 4.84 Å². The zero-order valence-electron chi connectivity index (χ0n) is 7.88. The summed E-state index contributed by atoms with van der Waals surface area (Å²) in [6, 6.07) is 5.26. The predicted octanol–water partition coefficient (Wildman–Crippen LogP) is 4.21. The molecule has 0 N–H and O–H groups in total. The van der Waals surface area contributed by atoms with E-state index < -0.39 is 0 Å². The van der Waals surface area contributed by atoms with Crippen molar-refractivity contribution in [2.75, 3.05) is 7.11 Å². The van der Waals surface area contributed by atoms with Crippen LogP contribution in [-0.4, -0.2) is 12.3 Å². The molecule has 80 valence electrons. The summed E-state index contributed by atoms with van der Waals surface area (Å²) in [6.07, 6.45) is 3.23. The Hall–Kier alpha value is -0.700. The maximum atomic E-state index is 5.94. The van der Waals surface area contributed by atoms with Crippen molar-refractivity contribution in [3.05, 3.63) is 39.9 Å². The maximum absolute atomic E-state index is 5.94. The van der Waals surface area contributed by atoms with E-state index in [9.17, 15) is 0 Å². The molecular formula is C10H8Cl3NO. The number of hydrogen-bond donors (Lipinski definition) is 0. The fraction of sp³-hybridized carbons (Fsp3) is 0.100. The Morgan fingerprint density at radius 3 is 2.47 bits per heavy atom. The molecule has 0 saturated carbocycles. The molecule has 0 unspecified atom stereocenters. The van der Waals surface area contributed by atoms with E-state index in [2.05, 4.69) is 9.99 Å². The van der Waals surface area contributed by atoms with E-state index in [0.29, 0.717) is 15.6 Å². The van der Waals surface area contributed by atoms with Gasteiger partial charge < -0.3 is 4.84 Å². The second-order valence-electron chi connectivity index (χ2n) is 2.57. The Balaban J connectivity index is 2.94. The lowest BCUT2D eigenvalue weighted by atomic mass is 10.2. The molecule has 0 aliphatic carbocycles. The summed E-state index contributed by atoms with van der Waals surface area (Å²) in [5, 5.41) is 4.84. The van der Waals surface area contributed by atoms with Crippen LogP contribution in [0.3, 0.4) is 0 Å². The van der Waals surface area contributed by atoms with Crippen molar-refractivity contribution in [1.29, 1.82) is 0 Å². The first-order valence-corrected chi connectivity index (χ1v) is 5.17. The van der Waals surface area contributed by atoms with Gasteiger partial charge in [0.2, 0.25) is 0 Å². The molecule has 1 rings (SSSR count). The summed E-state index contributed by atoms with van der Waals surface area (Å²) in [5.41, 5.74) is 0.699. The van der Waals surface area contributed by atoms with Gasteiger partial charge in [-0.25, -0.2) is 0 Å². The van der Waals surface area contributed by atoms with Crippen LogP contribution >= 0.6 is 34.8 Å². The fourth-order valence-electron chi connectivity index (χ4n) is 0.940. The van der Waals surface area contributed by atoms with Gasteiger partial charge in [0.1, 0.15) is 7.11 Å². The Morgan fingerprint density at radius 2 is 1.93 bits per heavy atom. The van der Waals surface area contributed by atoms with Crippen LogP contribution in [0, 0.1) is 0 Å². The van der Waals surface area contributed by atoms with Crippen molar-refractivity contribution in [3.8, 4) is 0 Å². The third-order valence-corrected chi connectivity index (χ3v) is 2.42. The maximum Gasteiger partial charge on any atom is 0.168 e. The minimum absolute atomic E-state index is 0.216. The standard InChI is InChI=1S/C10H8Cl3NO/c1-15-14-10(13)6-5-7-8(11)3-2-4-9(7)12/h2-6H,1H3/b6-5+,14-10-. The lowest BCUT2D eigenvalue weighted by Gasteiger charge is -1.99. The van der Waals surface area contributed by atoms with Gasteiger partial charge in [-0.2, -0.15) is 0 Å². The first kappa shape index (κ1) is 12.4.